The molecule has 3 nitrogen and oxygen atoms in total. The summed E-state index contributed by atoms with van der Waals surface area (Å²) in [5.74, 6) is 0.842. The number of hydrogen-bond acceptors (Lipinski definition) is 4. The molecule has 0 saturated heterocycles. The van der Waals surface area contributed by atoms with Crippen molar-refractivity contribution in [2.75, 3.05) is 24.7 Å². The molecule has 1 aromatic rings. The van der Waals surface area contributed by atoms with Crippen molar-refractivity contribution in [3.8, 4) is 0 Å². The van der Waals surface area contributed by atoms with Gasteiger partial charge in [0.2, 0.25) is 0 Å². The van der Waals surface area contributed by atoms with Crippen LogP contribution in [-0.2, 0) is 6.42 Å². The fourth-order valence-electron chi connectivity index (χ4n) is 1.43. The van der Waals surface area contributed by atoms with Crippen LogP contribution in [0.25, 0.3) is 0 Å². The van der Waals surface area contributed by atoms with Crippen LogP contribution in [0.4, 0.5) is 5.82 Å². The summed E-state index contributed by atoms with van der Waals surface area (Å²) in [6.07, 6.45) is 6.21. The van der Waals surface area contributed by atoms with Crippen LogP contribution in [0.3, 0.4) is 0 Å². The molecule has 1 rings (SSSR count). The Morgan fingerprint density at radius 2 is 2.06 bits per heavy atom. The minimum absolute atomic E-state index is 0.496. The second-order valence-corrected chi connectivity index (χ2v) is 4.60. The maximum Gasteiger partial charge on any atom is 0.190 e. The standard InChI is InChI=1S/C12H16ClN3S/c1-5-7-9-10(13)14-12(17-4)15-11(9)16(3)8-6-2/h5-6H,1-2,7-8H2,3-4H3. The Morgan fingerprint density at radius 3 is 2.59 bits per heavy atom. The first-order valence-corrected chi connectivity index (χ1v) is 6.77. The van der Waals surface area contributed by atoms with Crippen LogP contribution in [0, 0.1) is 0 Å². The highest BCUT2D eigenvalue weighted by atomic mass is 35.5. The molecular formula is C12H16ClN3S. The minimum Gasteiger partial charge on any atom is -0.356 e. The number of nitrogens with zero attached hydrogens (tertiary/aromatic N) is 3. The molecular weight excluding hydrogens is 254 g/mol. The number of thioether (sulfide) groups is 1. The second kappa shape index (κ2) is 6.67. The maximum atomic E-state index is 6.17. The van der Waals surface area contributed by atoms with Crippen molar-refractivity contribution < 1.29 is 0 Å². The lowest BCUT2D eigenvalue weighted by atomic mass is 10.2. The van der Waals surface area contributed by atoms with Crippen molar-refractivity contribution in [1.82, 2.24) is 9.97 Å². The highest BCUT2D eigenvalue weighted by Crippen LogP contribution is 2.27. The molecule has 92 valence electrons. The average molecular weight is 270 g/mol. The molecule has 0 aliphatic carbocycles. The zero-order chi connectivity index (χ0) is 12.8. The van der Waals surface area contributed by atoms with Crippen LogP contribution in [-0.4, -0.2) is 29.8 Å². The summed E-state index contributed by atoms with van der Waals surface area (Å²) in [7, 11) is 1.96. The van der Waals surface area contributed by atoms with E-state index in [4.69, 9.17) is 11.6 Å². The Labute approximate surface area is 112 Å². The Bertz CT molecular complexity index is 420. The van der Waals surface area contributed by atoms with Crippen molar-refractivity contribution in [3.05, 3.63) is 36.0 Å². The number of rotatable bonds is 6. The topological polar surface area (TPSA) is 29.0 Å². The smallest absolute Gasteiger partial charge is 0.190 e. The van der Waals surface area contributed by atoms with Crippen molar-refractivity contribution in [1.29, 1.82) is 0 Å². The summed E-state index contributed by atoms with van der Waals surface area (Å²) < 4.78 is 0. The SMILES string of the molecule is C=CCc1c(Cl)nc(SC)nc1N(C)CC=C. The molecule has 1 aromatic heterocycles. The molecule has 0 aromatic carbocycles. The van der Waals surface area contributed by atoms with Crippen LogP contribution in [0.5, 0.6) is 0 Å². The fraction of sp³-hybridized carbons (Fsp3) is 0.333. The Balaban J connectivity index is 3.25. The molecule has 0 aliphatic rings. The van der Waals surface area contributed by atoms with E-state index in [0.29, 0.717) is 23.3 Å². The zero-order valence-corrected chi connectivity index (χ0v) is 11.7. The lowest BCUT2D eigenvalue weighted by Gasteiger charge is -2.20. The lowest BCUT2D eigenvalue weighted by molar-refractivity contribution is 0.882. The zero-order valence-electron chi connectivity index (χ0n) is 10.1. The molecule has 17 heavy (non-hydrogen) atoms. The number of aromatic nitrogens is 2. The van der Waals surface area contributed by atoms with Gasteiger partial charge in [0.15, 0.2) is 5.16 Å². The van der Waals surface area contributed by atoms with Gasteiger partial charge in [-0.15, -0.1) is 13.2 Å². The summed E-state index contributed by atoms with van der Waals surface area (Å²) in [4.78, 5) is 10.7. The first-order chi connectivity index (χ1) is 8.13. The Morgan fingerprint density at radius 1 is 1.35 bits per heavy atom. The van der Waals surface area contributed by atoms with E-state index in [2.05, 4.69) is 23.1 Å². The Kier molecular flexibility index (Phi) is 5.51. The van der Waals surface area contributed by atoms with Crippen LogP contribution < -0.4 is 4.90 Å². The van der Waals surface area contributed by atoms with Gasteiger partial charge in [-0.05, 0) is 12.7 Å². The molecule has 0 amide bonds. The van der Waals surface area contributed by atoms with Gasteiger partial charge in [0, 0.05) is 19.2 Å². The van der Waals surface area contributed by atoms with E-state index in [1.807, 2.05) is 24.3 Å². The van der Waals surface area contributed by atoms with Gasteiger partial charge in [-0.2, -0.15) is 0 Å². The normalized spacial score (nSPS) is 10.1. The predicted octanol–water partition coefficient (Wildman–Crippen LogP) is 3.20. The van der Waals surface area contributed by atoms with Crippen molar-refractivity contribution >= 4 is 29.2 Å². The summed E-state index contributed by atoms with van der Waals surface area (Å²) >= 11 is 7.65. The van der Waals surface area contributed by atoms with E-state index in [9.17, 15) is 0 Å². The summed E-state index contributed by atoms with van der Waals surface area (Å²) in [6.45, 7) is 8.17. The fourth-order valence-corrected chi connectivity index (χ4v) is 2.09. The van der Waals surface area contributed by atoms with Gasteiger partial charge in [-0.25, -0.2) is 9.97 Å². The molecule has 0 N–H and O–H groups in total. The number of likely N-dealkylation sites (N-methyl/N-ethyl adjacent to an activating group) is 1. The first-order valence-electron chi connectivity index (χ1n) is 5.17. The van der Waals surface area contributed by atoms with Gasteiger partial charge in [0.05, 0.1) is 0 Å². The average Bonchev–Trinajstić information content (AvgIpc) is 2.31. The molecule has 5 heteroatoms. The van der Waals surface area contributed by atoms with E-state index in [1.165, 1.54) is 11.8 Å². The van der Waals surface area contributed by atoms with Crippen LogP contribution in [0.2, 0.25) is 5.15 Å². The van der Waals surface area contributed by atoms with E-state index in [-0.39, 0.29) is 0 Å². The van der Waals surface area contributed by atoms with E-state index < -0.39 is 0 Å². The van der Waals surface area contributed by atoms with Gasteiger partial charge >= 0.3 is 0 Å². The second-order valence-electron chi connectivity index (χ2n) is 3.47. The molecule has 0 spiro atoms. The molecule has 1 heterocycles. The van der Waals surface area contributed by atoms with Gasteiger partial charge in [0.1, 0.15) is 11.0 Å². The van der Waals surface area contributed by atoms with Crippen LogP contribution in [0.1, 0.15) is 5.56 Å². The van der Waals surface area contributed by atoms with Gasteiger partial charge in [-0.1, -0.05) is 35.5 Å². The van der Waals surface area contributed by atoms with Gasteiger partial charge < -0.3 is 4.90 Å². The Hall–Kier alpha value is -1.00. The van der Waals surface area contributed by atoms with E-state index in [0.717, 1.165) is 11.4 Å². The molecule has 0 fully saturated rings. The molecule has 0 aliphatic heterocycles. The largest absolute Gasteiger partial charge is 0.356 e. The van der Waals surface area contributed by atoms with Crippen molar-refractivity contribution in [3.63, 3.8) is 0 Å². The van der Waals surface area contributed by atoms with Crippen molar-refractivity contribution in [2.24, 2.45) is 0 Å². The highest BCUT2D eigenvalue weighted by molar-refractivity contribution is 7.98. The van der Waals surface area contributed by atoms with E-state index in [1.54, 1.807) is 6.08 Å². The first kappa shape index (κ1) is 14.1. The van der Waals surface area contributed by atoms with Crippen LogP contribution in [0.15, 0.2) is 30.5 Å². The molecule has 0 bridgehead atoms. The summed E-state index contributed by atoms with van der Waals surface area (Å²) in [5, 5.41) is 1.17. The molecule has 0 atom stereocenters. The number of anilines is 1. The third kappa shape index (κ3) is 3.48. The molecule has 0 unspecified atom stereocenters. The lowest BCUT2D eigenvalue weighted by Crippen LogP contribution is -2.20. The highest BCUT2D eigenvalue weighted by Gasteiger charge is 2.14. The number of halogens is 1. The number of allylic oxidation sites excluding steroid dienone is 1. The number of hydrogen-bond donors (Lipinski definition) is 0. The van der Waals surface area contributed by atoms with Gasteiger partial charge in [0.25, 0.3) is 0 Å². The van der Waals surface area contributed by atoms with Crippen LogP contribution >= 0.6 is 23.4 Å². The van der Waals surface area contributed by atoms with Crippen molar-refractivity contribution in [2.45, 2.75) is 11.6 Å². The quantitative estimate of drug-likeness (QED) is 0.343. The third-order valence-corrected chi connectivity index (χ3v) is 3.07. The summed E-state index contributed by atoms with van der Waals surface area (Å²) in [6, 6.07) is 0. The summed E-state index contributed by atoms with van der Waals surface area (Å²) in [5.41, 5.74) is 0.906. The minimum atomic E-state index is 0.496. The molecule has 0 saturated carbocycles. The third-order valence-electron chi connectivity index (χ3n) is 2.21. The maximum absolute atomic E-state index is 6.17. The van der Waals surface area contributed by atoms with Gasteiger partial charge in [-0.3, -0.25) is 0 Å². The predicted molar refractivity (Wildman–Crippen MR) is 76.2 cm³/mol. The molecule has 0 radical (unpaired) electrons. The monoisotopic (exact) mass is 269 g/mol. The van der Waals surface area contributed by atoms with E-state index >= 15 is 0 Å².